The number of hydrogen-bond acceptors (Lipinski definition) is 2. The Bertz CT molecular complexity index is 365. The second-order valence-electron chi connectivity index (χ2n) is 3.94. The Morgan fingerprint density at radius 1 is 1.50 bits per heavy atom. The summed E-state index contributed by atoms with van der Waals surface area (Å²) in [5.74, 6) is 0.918. The summed E-state index contributed by atoms with van der Waals surface area (Å²) in [6.45, 7) is 4.12. The van der Waals surface area contributed by atoms with Gasteiger partial charge in [-0.3, -0.25) is 0 Å². The summed E-state index contributed by atoms with van der Waals surface area (Å²) in [5.41, 5.74) is 8.41. The van der Waals surface area contributed by atoms with Crippen LogP contribution in [0.15, 0.2) is 16.6 Å². The fourth-order valence-corrected chi connectivity index (χ4v) is 2.57. The summed E-state index contributed by atoms with van der Waals surface area (Å²) in [4.78, 5) is 0. The van der Waals surface area contributed by atoms with E-state index >= 15 is 0 Å². The first-order valence-corrected chi connectivity index (χ1v) is 5.59. The molecular formula is C11H14BrNO. The number of hydrogen-bond donors (Lipinski definition) is 1. The van der Waals surface area contributed by atoms with Crippen LogP contribution in [0.25, 0.3) is 0 Å². The van der Waals surface area contributed by atoms with E-state index in [1.807, 2.05) is 0 Å². The minimum absolute atomic E-state index is 0.102. The van der Waals surface area contributed by atoms with Crippen molar-refractivity contribution >= 4 is 15.9 Å². The standard InChI is InChI=1S/C11H14BrNO/c1-6-3-8-10(13)5-7(2)14-11(8)9(12)4-6/h3-4,7,10H,5,13H2,1-2H3. The van der Waals surface area contributed by atoms with E-state index in [-0.39, 0.29) is 12.1 Å². The number of ether oxygens (including phenoxy) is 1. The quantitative estimate of drug-likeness (QED) is 0.774. The molecule has 1 aromatic carbocycles. The summed E-state index contributed by atoms with van der Waals surface area (Å²) in [6.07, 6.45) is 1.10. The molecule has 2 nitrogen and oxygen atoms in total. The fraction of sp³-hybridized carbons (Fsp3) is 0.455. The minimum Gasteiger partial charge on any atom is -0.489 e. The lowest BCUT2D eigenvalue weighted by Crippen LogP contribution is -2.27. The molecule has 1 aliphatic rings. The van der Waals surface area contributed by atoms with Crippen LogP contribution in [0.2, 0.25) is 0 Å². The summed E-state index contributed by atoms with van der Waals surface area (Å²) in [6, 6.07) is 4.27. The molecule has 3 heteroatoms. The van der Waals surface area contributed by atoms with Crippen molar-refractivity contribution in [2.24, 2.45) is 5.73 Å². The highest BCUT2D eigenvalue weighted by molar-refractivity contribution is 9.10. The van der Waals surface area contributed by atoms with E-state index in [9.17, 15) is 0 Å². The maximum atomic E-state index is 6.07. The Labute approximate surface area is 92.6 Å². The second-order valence-corrected chi connectivity index (χ2v) is 4.79. The predicted molar refractivity (Wildman–Crippen MR) is 60.5 cm³/mol. The van der Waals surface area contributed by atoms with Crippen molar-refractivity contribution < 1.29 is 4.74 Å². The molecule has 2 rings (SSSR count). The Hall–Kier alpha value is -0.540. The van der Waals surface area contributed by atoms with E-state index in [4.69, 9.17) is 10.5 Å². The highest BCUT2D eigenvalue weighted by atomic mass is 79.9. The van der Waals surface area contributed by atoms with Crippen LogP contribution in [-0.4, -0.2) is 6.10 Å². The third-order valence-electron chi connectivity index (χ3n) is 2.52. The summed E-state index contributed by atoms with van der Waals surface area (Å²) in [5, 5.41) is 0. The Balaban J connectivity index is 2.53. The van der Waals surface area contributed by atoms with Crippen molar-refractivity contribution in [1.29, 1.82) is 0 Å². The van der Waals surface area contributed by atoms with Crippen LogP contribution in [0.4, 0.5) is 0 Å². The first-order valence-electron chi connectivity index (χ1n) is 4.80. The molecule has 0 aliphatic carbocycles. The molecule has 1 aromatic rings. The van der Waals surface area contributed by atoms with Gasteiger partial charge in [0.1, 0.15) is 5.75 Å². The number of aryl methyl sites for hydroxylation is 1. The van der Waals surface area contributed by atoms with Crippen LogP contribution < -0.4 is 10.5 Å². The average Bonchev–Trinajstić information content (AvgIpc) is 2.07. The summed E-state index contributed by atoms with van der Waals surface area (Å²) < 4.78 is 6.77. The second kappa shape index (κ2) is 3.55. The maximum Gasteiger partial charge on any atom is 0.138 e. The topological polar surface area (TPSA) is 35.2 Å². The lowest BCUT2D eigenvalue weighted by atomic mass is 9.96. The van der Waals surface area contributed by atoms with Gasteiger partial charge in [-0.05, 0) is 41.4 Å². The number of halogens is 1. The van der Waals surface area contributed by atoms with Crippen LogP contribution >= 0.6 is 15.9 Å². The molecule has 14 heavy (non-hydrogen) atoms. The van der Waals surface area contributed by atoms with Crippen molar-refractivity contribution in [3.8, 4) is 5.75 Å². The smallest absolute Gasteiger partial charge is 0.138 e. The molecule has 0 bridgehead atoms. The predicted octanol–water partition coefficient (Wildman–Crippen LogP) is 2.93. The van der Waals surface area contributed by atoms with Crippen LogP contribution in [-0.2, 0) is 0 Å². The molecule has 2 unspecified atom stereocenters. The van der Waals surface area contributed by atoms with Gasteiger partial charge in [-0.1, -0.05) is 6.07 Å². The molecule has 0 amide bonds. The fourth-order valence-electron chi connectivity index (χ4n) is 1.89. The number of fused-ring (bicyclic) bond motifs is 1. The number of rotatable bonds is 0. The molecule has 0 saturated heterocycles. The Kier molecular flexibility index (Phi) is 2.54. The van der Waals surface area contributed by atoms with Gasteiger partial charge in [0.2, 0.25) is 0 Å². The van der Waals surface area contributed by atoms with Gasteiger partial charge in [0.25, 0.3) is 0 Å². The van der Waals surface area contributed by atoms with Gasteiger partial charge in [-0.15, -0.1) is 0 Å². The van der Waals surface area contributed by atoms with Crippen LogP contribution in [0.3, 0.4) is 0 Å². The molecule has 76 valence electrons. The van der Waals surface area contributed by atoms with Crippen LogP contribution in [0.5, 0.6) is 5.75 Å². The van der Waals surface area contributed by atoms with Crippen molar-refractivity contribution in [1.82, 2.24) is 0 Å². The van der Waals surface area contributed by atoms with E-state index in [0.29, 0.717) is 0 Å². The maximum absolute atomic E-state index is 6.07. The largest absolute Gasteiger partial charge is 0.489 e. The van der Waals surface area contributed by atoms with E-state index in [1.165, 1.54) is 5.56 Å². The molecule has 0 fully saturated rings. The van der Waals surface area contributed by atoms with E-state index < -0.39 is 0 Å². The van der Waals surface area contributed by atoms with Gasteiger partial charge in [0.05, 0.1) is 10.6 Å². The summed E-state index contributed by atoms with van der Waals surface area (Å²) >= 11 is 3.51. The average molecular weight is 256 g/mol. The highest BCUT2D eigenvalue weighted by Crippen LogP contribution is 2.39. The van der Waals surface area contributed by atoms with Gasteiger partial charge < -0.3 is 10.5 Å². The van der Waals surface area contributed by atoms with Crippen molar-refractivity contribution in [2.75, 3.05) is 0 Å². The van der Waals surface area contributed by atoms with Gasteiger partial charge in [-0.2, -0.15) is 0 Å². The normalized spacial score (nSPS) is 25.4. The lowest BCUT2D eigenvalue weighted by Gasteiger charge is -2.29. The van der Waals surface area contributed by atoms with Crippen molar-refractivity contribution in [2.45, 2.75) is 32.4 Å². The molecule has 1 heterocycles. The van der Waals surface area contributed by atoms with Crippen molar-refractivity contribution in [3.63, 3.8) is 0 Å². The summed E-state index contributed by atoms with van der Waals surface area (Å²) in [7, 11) is 0. The van der Waals surface area contributed by atoms with Crippen molar-refractivity contribution in [3.05, 3.63) is 27.7 Å². The molecule has 2 N–H and O–H groups in total. The SMILES string of the molecule is Cc1cc(Br)c2c(c1)C(N)CC(C)O2. The lowest BCUT2D eigenvalue weighted by molar-refractivity contribution is 0.175. The molecular weight excluding hydrogens is 242 g/mol. The van der Waals surface area contributed by atoms with E-state index in [0.717, 1.165) is 22.2 Å². The van der Waals surface area contributed by atoms with E-state index in [1.54, 1.807) is 0 Å². The first-order chi connectivity index (χ1) is 6.58. The van der Waals surface area contributed by atoms with Crippen LogP contribution in [0, 0.1) is 6.92 Å². The monoisotopic (exact) mass is 255 g/mol. The zero-order valence-electron chi connectivity index (χ0n) is 8.38. The Morgan fingerprint density at radius 3 is 2.93 bits per heavy atom. The van der Waals surface area contributed by atoms with E-state index in [2.05, 4.69) is 41.9 Å². The zero-order valence-corrected chi connectivity index (χ0v) is 9.97. The molecule has 1 aliphatic heterocycles. The third-order valence-corrected chi connectivity index (χ3v) is 3.11. The number of benzene rings is 1. The van der Waals surface area contributed by atoms with Crippen LogP contribution in [0.1, 0.15) is 30.5 Å². The molecule has 0 spiro atoms. The molecule has 0 aromatic heterocycles. The molecule has 0 saturated carbocycles. The molecule has 2 atom stereocenters. The van der Waals surface area contributed by atoms with Gasteiger partial charge in [0.15, 0.2) is 0 Å². The Morgan fingerprint density at radius 2 is 2.21 bits per heavy atom. The zero-order chi connectivity index (χ0) is 10.3. The minimum atomic E-state index is 0.102. The first kappa shape index (κ1) is 9.99. The van der Waals surface area contributed by atoms with Gasteiger partial charge in [0, 0.05) is 18.0 Å². The van der Waals surface area contributed by atoms with Gasteiger partial charge in [-0.25, -0.2) is 0 Å². The number of nitrogens with two attached hydrogens (primary N) is 1. The third kappa shape index (κ3) is 1.66. The molecule has 0 radical (unpaired) electrons. The highest BCUT2D eigenvalue weighted by Gasteiger charge is 2.24. The van der Waals surface area contributed by atoms with Gasteiger partial charge >= 0.3 is 0 Å².